The number of anilines is 2. The lowest BCUT2D eigenvalue weighted by atomic mass is 9.96. The normalized spacial score (nSPS) is 16.7. The van der Waals surface area contributed by atoms with Gasteiger partial charge in [-0.25, -0.2) is 8.42 Å². The molecular formula is C13H21N3O3S2. The van der Waals surface area contributed by atoms with Gasteiger partial charge < -0.3 is 16.4 Å². The Morgan fingerprint density at radius 3 is 2.43 bits per heavy atom. The average Bonchev–Trinajstić information content (AvgIpc) is 2.75. The molecule has 0 spiro atoms. The fraction of sp³-hybridized carbons (Fsp3) is 0.615. The molecule has 2 rings (SSSR count). The molecule has 0 radical (unpaired) electrons. The summed E-state index contributed by atoms with van der Waals surface area (Å²) in [5.74, 6) is -0.362. The van der Waals surface area contributed by atoms with E-state index in [1.807, 2.05) is 0 Å². The predicted octanol–water partition coefficient (Wildman–Crippen LogP) is 1.84. The molecule has 1 saturated carbocycles. The number of rotatable bonds is 4. The number of sulfone groups is 1. The maximum absolute atomic E-state index is 12.0. The van der Waals surface area contributed by atoms with Crippen molar-refractivity contribution in [2.24, 2.45) is 0 Å². The van der Waals surface area contributed by atoms with Crippen LogP contribution in [0.1, 0.15) is 41.8 Å². The lowest BCUT2D eigenvalue weighted by Crippen LogP contribution is -2.22. The third kappa shape index (κ3) is 3.49. The fourth-order valence-electron chi connectivity index (χ4n) is 2.61. The van der Waals surface area contributed by atoms with E-state index < -0.39 is 9.84 Å². The fourth-order valence-corrected chi connectivity index (χ4v) is 5.19. The number of carbonyl (C=O) groups excluding carboxylic acids is 1. The first-order valence-electron chi connectivity index (χ1n) is 6.95. The Morgan fingerprint density at radius 1 is 1.29 bits per heavy atom. The topological polar surface area (TPSA) is 101 Å². The van der Waals surface area contributed by atoms with Crippen molar-refractivity contribution in [3.63, 3.8) is 0 Å². The summed E-state index contributed by atoms with van der Waals surface area (Å²) in [7, 11) is -2.00. The van der Waals surface area contributed by atoms with Crippen LogP contribution in [0, 0.1) is 0 Å². The summed E-state index contributed by atoms with van der Waals surface area (Å²) in [6.07, 6.45) is 6.62. The molecule has 0 atom stereocenters. The molecule has 1 amide bonds. The Balaban J connectivity index is 2.40. The first-order chi connectivity index (χ1) is 9.84. The van der Waals surface area contributed by atoms with Gasteiger partial charge in [-0.2, -0.15) is 0 Å². The summed E-state index contributed by atoms with van der Waals surface area (Å²) in [5.41, 5.74) is 5.94. The highest BCUT2D eigenvalue weighted by atomic mass is 32.2. The molecule has 0 bridgehead atoms. The van der Waals surface area contributed by atoms with Gasteiger partial charge >= 0.3 is 0 Å². The van der Waals surface area contributed by atoms with Gasteiger partial charge in [-0.15, -0.1) is 11.3 Å². The standard InChI is InChI=1S/C13H21N3O3S2/c1-15-12(17)10-9(14)11(21(2,18)19)13(20-10)16-8-6-4-3-5-7-8/h8,16H,3-7,14H2,1-2H3,(H,15,17). The molecule has 1 aliphatic carbocycles. The first-order valence-corrected chi connectivity index (χ1v) is 9.66. The molecule has 21 heavy (non-hydrogen) atoms. The SMILES string of the molecule is CNC(=O)c1sc(NC2CCCCC2)c(S(C)(=O)=O)c1N. The Labute approximate surface area is 129 Å². The smallest absolute Gasteiger partial charge is 0.263 e. The van der Waals surface area contributed by atoms with E-state index in [0.29, 0.717) is 5.00 Å². The molecule has 0 saturated heterocycles. The highest BCUT2D eigenvalue weighted by Crippen LogP contribution is 2.40. The summed E-state index contributed by atoms with van der Waals surface area (Å²) in [6, 6.07) is 0.245. The number of hydrogen-bond donors (Lipinski definition) is 3. The third-order valence-electron chi connectivity index (χ3n) is 3.64. The van der Waals surface area contributed by atoms with E-state index in [1.165, 1.54) is 13.5 Å². The Hall–Kier alpha value is -1.28. The molecule has 1 aromatic rings. The van der Waals surface area contributed by atoms with Crippen molar-refractivity contribution in [1.82, 2.24) is 5.32 Å². The van der Waals surface area contributed by atoms with Crippen molar-refractivity contribution >= 4 is 37.8 Å². The molecule has 4 N–H and O–H groups in total. The van der Waals surface area contributed by atoms with Gasteiger partial charge in [0.2, 0.25) is 0 Å². The van der Waals surface area contributed by atoms with Crippen molar-refractivity contribution < 1.29 is 13.2 Å². The van der Waals surface area contributed by atoms with Crippen LogP contribution < -0.4 is 16.4 Å². The summed E-state index contributed by atoms with van der Waals surface area (Å²) in [4.78, 5) is 12.1. The number of nitrogens with two attached hydrogens (primary N) is 1. The van der Waals surface area contributed by atoms with Crippen molar-refractivity contribution in [3.8, 4) is 0 Å². The monoisotopic (exact) mass is 331 g/mol. The number of nitrogens with one attached hydrogen (secondary N) is 2. The third-order valence-corrected chi connectivity index (χ3v) is 6.07. The van der Waals surface area contributed by atoms with Crippen LogP contribution >= 0.6 is 11.3 Å². The van der Waals surface area contributed by atoms with E-state index in [0.717, 1.165) is 43.3 Å². The van der Waals surface area contributed by atoms with Crippen LogP contribution in [0.15, 0.2) is 4.90 Å². The maximum Gasteiger partial charge on any atom is 0.263 e. The minimum Gasteiger partial charge on any atom is -0.396 e. The average molecular weight is 331 g/mol. The van der Waals surface area contributed by atoms with Crippen molar-refractivity contribution in [1.29, 1.82) is 0 Å². The Kier molecular flexibility index (Phi) is 4.77. The second-order valence-corrected chi connectivity index (χ2v) is 8.31. The van der Waals surface area contributed by atoms with Gasteiger partial charge in [0.1, 0.15) is 14.8 Å². The maximum atomic E-state index is 12.0. The molecule has 1 heterocycles. The van der Waals surface area contributed by atoms with Gasteiger partial charge in [-0.3, -0.25) is 4.79 Å². The van der Waals surface area contributed by atoms with Crippen molar-refractivity contribution in [2.45, 2.75) is 43.0 Å². The lowest BCUT2D eigenvalue weighted by molar-refractivity contribution is 0.0968. The quantitative estimate of drug-likeness (QED) is 0.781. The molecule has 1 aromatic heterocycles. The summed E-state index contributed by atoms with van der Waals surface area (Å²) < 4.78 is 24.0. The van der Waals surface area contributed by atoms with E-state index in [4.69, 9.17) is 5.73 Å². The molecule has 0 unspecified atom stereocenters. The van der Waals surface area contributed by atoms with Gasteiger partial charge in [-0.05, 0) is 12.8 Å². The molecule has 1 fully saturated rings. The molecule has 0 aliphatic heterocycles. The zero-order valence-corrected chi connectivity index (χ0v) is 13.9. The van der Waals surface area contributed by atoms with Crippen molar-refractivity contribution in [2.75, 3.05) is 24.4 Å². The lowest BCUT2D eigenvalue weighted by Gasteiger charge is -2.23. The van der Waals surface area contributed by atoms with Gasteiger partial charge in [0, 0.05) is 19.3 Å². The van der Waals surface area contributed by atoms with E-state index in [2.05, 4.69) is 10.6 Å². The Bertz CT molecular complexity index is 631. The number of hydrogen-bond acceptors (Lipinski definition) is 6. The highest BCUT2D eigenvalue weighted by molar-refractivity contribution is 7.91. The predicted molar refractivity (Wildman–Crippen MR) is 85.7 cm³/mol. The van der Waals surface area contributed by atoms with Crippen LogP contribution in [0.25, 0.3) is 0 Å². The zero-order chi connectivity index (χ0) is 15.6. The summed E-state index contributed by atoms with van der Waals surface area (Å²) in [6.45, 7) is 0. The molecule has 1 aliphatic rings. The van der Waals surface area contributed by atoms with E-state index in [-0.39, 0.29) is 27.4 Å². The van der Waals surface area contributed by atoms with Gasteiger partial charge in [0.25, 0.3) is 5.91 Å². The summed E-state index contributed by atoms with van der Waals surface area (Å²) in [5, 5.41) is 6.25. The van der Waals surface area contributed by atoms with Gasteiger partial charge in [0.15, 0.2) is 9.84 Å². The molecule has 0 aromatic carbocycles. The highest BCUT2D eigenvalue weighted by Gasteiger charge is 2.28. The zero-order valence-electron chi connectivity index (χ0n) is 12.2. The van der Waals surface area contributed by atoms with Crippen LogP contribution in [0.3, 0.4) is 0 Å². The Morgan fingerprint density at radius 2 is 1.90 bits per heavy atom. The molecule has 8 heteroatoms. The minimum atomic E-state index is -3.49. The second kappa shape index (κ2) is 6.23. The molecular weight excluding hydrogens is 310 g/mol. The van der Waals surface area contributed by atoms with Crippen LogP contribution in [0.4, 0.5) is 10.7 Å². The number of carbonyl (C=O) groups is 1. The first kappa shape index (κ1) is 16.1. The van der Waals surface area contributed by atoms with Crippen LogP contribution in [0.2, 0.25) is 0 Å². The van der Waals surface area contributed by atoms with Crippen LogP contribution in [-0.4, -0.2) is 33.7 Å². The number of nitrogen functional groups attached to an aromatic ring is 1. The number of thiophene rings is 1. The van der Waals surface area contributed by atoms with Gasteiger partial charge in [-0.1, -0.05) is 19.3 Å². The largest absolute Gasteiger partial charge is 0.396 e. The van der Waals surface area contributed by atoms with Crippen molar-refractivity contribution in [3.05, 3.63) is 4.88 Å². The van der Waals surface area contributed by atoms with E-state index >= 15 is 0 Å². The molecule has 118 valence electrons. The van der Waals surface area contributed by atoms with Crippen LogP contribution in [0.5, 0.6) is 0 Å². The van der Waals surface area contributed by atoms with Gasteiger partial charge in [0.05, 0.1) is 5.69 Å². The molecule has 6 nitrogen and oxygen atoms in total. The van der Waals surface area contributed by atoms with Crippen LogP contribution in [-0.2, 0) is 9.84 Å². The summed E-state index contributed by atoms with van der Waals surface area (Å²) >= 11 is 1.11. The van der Waals surface area contributed by atoms with E-state index in [1.54, 1.807) is 0 Å². The van der Waals surface area contributed by atoms with E-state index in [9.17, 15) is 13.2 Å². The second-order valence-electron chi connectivity index (χ2n) is 5.33. The number of amides is 1. The minimum absolute atomic E-state index is 0.0418.